The van der Waals surface area contributed by atoms with Gasteiger partial charge in [-0.05, 0) is 24.3 Å². The molecule has 0 saturated heterocycles. The molecule has 0 aliphatic heterocycles. The predicted molar refractivity (Wildman–Crippen MR) is 176 cm³/mol. The van der Waals surface area contributed by atoms with Gasteiger partial charge < -0.3 is 26.4 Å². The van der Waals surface area contributed by atoms with Crippen LogP contribution >= 0.6 is 0 Å². The Balaban J connectivity index is 0.000000171. The summed E-state index contributed by atoms with van der Waals surface area (Å²) in [5, 5.41) is 28.8. The number of nitrogens with zero attached hydrogens (tertiary/aromatic N) is 8. The van der Waals surface area contributed by atoms with Crippen molar-refractivity contribution in [3.8, 4) is 11.8 Å². The number of ether oxygens (including phenoxy) is 1. The summed E-state index contributed by atoms with van der Waals surface area (Å²) in [5.41, 5.74) is 12.9. The van der Waals surface area contributed by atoms with Gasteiger partial charge in [-0.2, -0.15) is 15.2 Å². The van der Waals surface area contributed by atoms with E-state index in [-0.39, 0.29) is 48.9 Å². The fraction of sp³-hybridized carbons (Fsp3) is 0.161. The lowest BCUT2D eigenvalue weighted by atomic mass is 10.1. The Hall–Kier alpha value is -6.11. The quantitative estimate of drug-likeness (QED) is 0.157. The molecule has 2 amide bonds. The van der Waals surface area contributed by atoms with Crippen molar-refractivity contribution in [3.63, 3.8) is 0 Å². The van der Waals surface area contributed by atoms with Crippen LogP contribution in [0.3, 0.4) is 0 Å². The summed E-state index contributed by atoms with van der Waals surface area (Å²) < 4.78 is 32.0. The number of hydrogen-bond acceptors (Lipinski definition) is 13. The van der Waals surface area contributed by atoms with Gasteiger partial charge in [-0.25, -0.2) is 23.4 Å². The summed E-state index contributed by atoms with van der Waals surface area (Å²) in [6.07, 6.45) is 4.03. The average Bonchev–Trinajstić information content (AvgIpc) is 3.65. The lowest BCUT2D eigenvalue weighted by Crippen LogP contribution is -2.13. The molecule has 18 heteroatoms. The molecule has 0 aliphatic carbocycles. The van der Waals surface area contributed by atoms with E-state index >= 15 is 0 Å². The maximum Gasteiger partial charge on any atom is 0.322 e. The van der Waals surface area contributed by atoms with Crippen molar-refractivity contribution in [3.05, 3.63) is 78.4 Å². The number of aliphatic hydroxyl groups is 2. The van der Waals surface area contributed by atoms with Crippen LogP contribution in [0.4, 0.5) is 0 Å². The molecule has 0 saturated carbocycles. The van der Waals surface area contributed by atoms with Gasteiger partial charge >= 0.3 is 6.01 Å². The third-order valence-electron chi connectivity index (χ3n) is 7.25. The molecular weight excluding hydrogens is 656 g/mol. The molecule has 7 aromatic rings. The zero-order valence-electron chi connectivity index (χ0n) is 25.8. The van der Waals surface area contributed by atoms with Gasteiger partial charge in [0.25, 0.3) is 11.8 Å². The van der Waals surface area contributed by atoms with Crippen molar-refractivity contribution in [1.29, 1.82) is 0 Å². The number of para-hydroxylation sites is 1. The summed E-state index contributed by atoms with van der Waals surface area (Å²) in [6.45, 7) is -0.0257. The zero-order chi connectivity index (χ0) is 34.9. The third kappa shape index (κ3) is 6.42. The molecule has 3 aromatic carbocycles. The minimum Gasteiger partial charge on any atom is -0.424 e. The van der Waals surface area contributed by atoms with Crippen molar-refractivity contribution in [2.75, 3.05) is 19.5 Å². The van der Waals surface area contributed by atoms with E-state index in [0.717, 1.165) is 11.6 Å². The van der Waals surface area contributed by atoms with E-state index in [1.165, 1.54) is 15.6 Å². The molecule has 0 fully saturated rings. The van der Waals surface area contributed by atoms with Gasteiger partial charge in [0, 0.05) is 40.2 Å². The first-order chi connectivity index (χ1) is 23.5. The highest BCUT2D eigenvalue weighted by molar-refractivity contribution is 7.90. The summed E-state index contributed by atoms with van der Waals surface area (Å²) in [4.78, 5) is 39.9. The van der Waals surface area contributed by atoms with Crippen molar-refractivity contribution >= 4 is 65.3 Å². The average molecular weight is 685 g/mol. The number of fused-ring (bicyclic) bond motifs is 6. The first-order valence-corrected chi connectivity index (χ1v) is 16.5. The highest BCUT2D eigenvalue weighted by atomic mass is 32.2. The van der Waals surface area contributed by atoms with Crippen LogP contribution in [0.15, 0.2) is 72.1 Å². The van der Waals surface area contributed by atoms with Crippen molar-refractivity contribution in [2.45, 2.75) is 18.2 Å². The third-order valence-corrected chi connectivity index (χ3v) is 8.11. The second kappa shape index (κ2) is 13.2. The van der Waals surface area contributed by atoms with Crippen LogP contribution in [-0.4, -0.2) is 89.4 Å². The highest BCUT2D eigenvalue weighted by Crippen LogP contribution is 2.29. The molecule has 0 unspecified atom stereocenters. The first-order valence-electron chi connectivity index (χ1n) is 14.6. The molecule has 17 nitrogen and oxygen atoms in total. The topological polar surface area (TPSA) is 257 Å². The van der Waals surface area contributed by atoms with Gasteiger partial charge in [0.1, 0.15) is 16.8 Å². The Labute approximate surface area is 276 Å². The zero-order valence-corrected chi connectivity index (χ0v) is 26.6. The van der Waals surface area contributed by atoms with E-state index in [1.54, 1.807) is 42.6 Å². The van der Waals surface area contributed by atoms with E-state index in [9.17, 15) is 28.2 Å². The van der Waals surface area contributed by atoms with E-state index in [1.807, 2.05) is 18.2 Å². The maximum absolute atomic E-state index is 11.7. The van der Waals surface area contributed by atoms with Crippen LogP contribution in [0.1, 0.15) is 21.0 Å². The minimum atomic E-state index is -3.59. The largest absolute Gasteiger partial charge is 0.424 e. The predicted octanol–water partition coefficient (Wildman–Crippen LogP) is 1.34. The SMILES string of the molecule is CS(=O)(=O)c1ncc2ccc3c(C(N)=O)nn(CCO)c3c2n1.NC(=O)c1nn(CCO)c2c1ccc1cnc(Oc3ccccc3)nc12. The molecular formula is C31H28N10O7S. The normalized spacial score (nSPS) is 11.6. The Morgan fingerprint density at radius 2 is 1.27 bits per heavy atom. The number of sulfone groups is 1. The number of rotatable bonds is 9. The van der Waals surface area contributed by atoms with Crippen molar-refractivity contribution in [1.82, 2.24) is 39.5 Å². The number of benzene rings is 3. The second-order valence-electron chi connectivity index (χ2n) is 10.6. The summed E-state index contributed by atoms with van der Waals surface area (Å²) in [7, 11) is -3.59. The van der Waals surface area contributed by atoms with Crippen LogP contribution in [0.5, 0.6) is 11.8 Å². The monoisotopic (exact) mass is 684 g/mol. The molecule has 4 aromatic heterocycles. The number of aliphatic hydroxyl groups excluding tert-OH is 2. The Morgan fingerprint density at radius 3 is 1.76 bits per heavy atom. The van der Waals surface area contributed by atoms with Crippen LogP contribution in [-0.2, 0) is 22.9 Å². The fourth-order valence-corrected chi connectivity index (χ4v) is 5.69. The second-order valence-corrected chi connectivity index (χ2v) is 12.5. The Kier molecular flexibility index (Phi) is 8.83. The number of nitrogens with two attached hydrogens (primary N) is 2. The first kappa shape index (κ1) is 32.8. The molecule has 4 heterocycles. The number of carbonyl (C=O) groups excluding carboxylic acids is 2. The number of amides is 2. The fourth-order valence-electron chi connectivity index (χ4n) is 5.19. The van der Waals surface area contributed by atoms with E-state index in [2.05, 4.69) is 30.1 Å². The number of primary amides is 2. The summed E-state index contributed by atoms with van der Waals surface area (Å²) >= 11 is 0. The van der Waals surface area contributed by atoms with Crippen LogP contribution < -0.4 is 16.2 Å². The molecule has 250 valence electrons. The van der Waals surface area contributed by atoms with E-state index in [4.69, 9.17) is 16.2 Å². The standard InChI is InChI=1S/C18H15N5O3.C13H13N5O4S/c19-17(25)15-13-7-6-11-10-20-18(26-12-4-2-1-3-5-12)21-14(11)16(13)23(22-15)8-9-24;1-23(21,22)13-15-6-7-2-3-8-10(12(14)20)17-18(4-5-19)11(8)9(7)16-13/h1-7,10,24H,8-9H2,(H2,19,25);2-3,6,19H,4-5H2,1H3,(H2,14,20). The van der Waals surface area contributed by atoms with Gasteiger partial charge in [-0.15, -0.1) is 0 Å². The lowest BCUT2D eigenvalue weighted by molar-refractivity contribution is 0.0987. The van der Waals surface area contributed by atoms with Gasteiger partial charge in [-0.3, -0.25) is 19.0 Å². The molecule has 0 bridgehead atoms. The molecule has 0 spiro atoms. The molecule has 7 rings (SSSR count). The van der Waals surface area contributed by atoms with Gasteiger partial charge in [0.05, 0.1) is 37.3 Å². The number of hydrogen-bond donors (Lipinski definition) is 4. The number of aromatic nitrogens is 8. The molecule has 0 atom stereocenters. The summed E-state index contributed by atoms with van der Waals surface area (Å²) in [6, 6.07) is 16.2. The Bertz CT molecular complexity index is 2500. The highest BCUT2D eigenvalue weighted by Gasteiger charge is 2.21. The molecule has 6 N–H and O–H groups in total. The molecule has 0 aliphatic rings. The van der Waals surface area contributed by atoms with Gasteiger partial charge in [-0.1, -0.05) is 30.3 Å². The number of carbonyl (C=O) groups is 2. The maximum atomic E-state index is 11.7. The lowest BCUT2D eigenvalue weighted by Gasteiger charge is -2.07. The minimum absolute atomic E-state index is 0.0369. The van der Waals surface area contributed by atoms with Crippen molar-refractivity contribution < 1.29 is 33.0 Å². The van der Waals surface area contributed by atoms with Crippen LogP contribution in [0.2, 0.25) is 0 Å². The van der Waals surface area contributed by atoms with E-state index < -0.39 is 21.7 Å². The van der Waals surface area contributed by atoms with Crippen molar-refractivity contribution in [2.24, 2.45) is 11.5 Å². The molecule has 0 radical (unpaired) electrons. The summed E-state index contributed by atoms with van der Waals surface area (Å²) in [5.74, 6) is -0.745. The van der Waals surface area contributed by atoms with Gasteiger partial charge in [0.15, 0.2) is 11.4 Å². The van der Waals surface area contributed by atoms with Gasteiger partial charge in [0.2, 0.25) is 15.0 Å². The van der Waals surface area contributed by atoms with E-state index in [0.29, 0.717) is 44.0 Å². The smallest absolute Gasteiger partial charge is 0.322 e. The Morgan fingerprint density at radius 1 is 0.755 bits per heavy atom. The van der Waals surface area contributed by atoms with Crippen LogP contribution in [0, 0.1) is 0 Å². The van der Waals surface area contributed by atoms with Crippen LogP contribution in [0.25, 0.3) is 43.6 Å². The molecule has 49 heavy (non-hydrogen) atoms.